The molecule has 1 nitrogen and oxygen atoms in total. The molecule has 2 heteroatoms. The van der Waals surface area contributed by atoms with E-state index in [0.29, 0.717) is 11.8 Å². The van der Waals surface area contributed by atoms with Crippen LogP contribution in [0.1, 0.15) is 34.9 Å². The summed E-state index contributed by atoms with van der Waals surface area (Å²) in [7, 11) is 0. The molecule has 1 aliphatic heterocycles. The maximum absolute atomic E-state index is 3.55. The summed E-state index contributed by atoms with van der Waals surface area (Å²) in [6.07, 6.45) is 1.21. The van der Waals surface area contributed by atoms with Gasteiger partial charge in [0.25, 0.3) is 0 Å². The first kappa shape index (κ1) is 13.8. The molecule has 1 N–H and O–H groups in total. The molecule has 0 aliphatic carbocycles. The smallest absolute Gasteiger partial charge is 0.0175 e. The molecule has 20 heavy (non-hydrogen) atoms. The quantitative estimate of drug-likeness (QED) is 0.847. The lowest BCUT2D eigenvalue weighted by molar-refractivity contribution is 0.404. The van der Waals surface area contributed by atoms with Gasteiger partial charge in [-0.05, 0) is 49.1 Å². The second kappa shape index (κ2) is 6.11. The third-order valence-corrected chi connectivity index (χ3v) is 4.81. The summed E-state index contributed by atoms with van der Waals surface area (Å²) >= 11 is 3.52. The van der Waals surface area contributed by atoms with Crippen LogP contribution < -0.4 is 5.32 Å². The summed E-state index contributed by atoms with van der Waals surface area (Å²) < 4.78 is 1.15. The number of hydrogen-bond donors (Lipinski definition) is 1. The molecule has 1 aliphatic rings. The molecule has 3 rings (SSSR count). The fraction of sp³-hybridized carbons (Fsp3) is 0.333. The van der Waals surface area contributed by atoms with Crippen LogP contribution in [0.15, 0.2) is 53.0 Å². The number of halogens is 1. The Kier molecular flexibility index (Phi) is 4.23. The van der Waals surface area contributed by atoms with Gasteiger partial charge in [-0.15, -0.1) is 0 Å². The monoisotopic (exact) mass is 329 g/mol. The van der Waals surface area contributed by atoms with Gasteiger partial charge in [0.1, 0.15) is 0 Å². The maximum Gasteiger partial charge on any atom is 0.0175 e. The number of piperidine rings is 1. The molecule has 0 aromatic heterocycles. The summed E-state index contributed by atoms with van der Waals surface area (Å²) in [5.74, 6) is 1.19. The highest BCUT2D eigenvalue weighted by Crippen LogP contribution is 2.37. The van der Waals surface area contributed by atoms with Gasteiger partial charge in [-0.1, -0.05) is 57.9 Å². The number of nitrogens with one attached hydrogen (secondary N) is 1. The van der Waals surface area contributed by atoms with Crippen LogP contribution >= 0.6 is 15.9 Å². The summed E-state index contributed by atoms with van der Waals surface area (Å²) in [5.41, 5.74) is 4.25. The van der Waals surface area contributed by atoms with E-state index in [2.05, 4.69) is 76.7 Å². The lowest BCUT2D eigenvalue weighted by atomic mass is 9.77. The molecule has 0 amide bonds. The van der Waals surface area contributed by atoms with Crippen LogP contribution in [0.2, 0.25) is 0 Å². The number of rotatable bonds is 2. The Morgan fingerprint density at radius 2 is 1.50 bits per heavy atom. The molecule has 2 aromatic rings. The standard InChI is InChI=1S/C18H20BrN/c1-13-2-4-14(5-3-13)17-10-11-20-12-18(17)15-6-8-16(19)9-7-15/h2-9,17-18,20H,10-12H2,1H3. The Morgan fingerprint density at radius 3 is 2.20 bits per heavy atom. The predicted molar refractivity (Wildman–Crippen MR) is 88.3 cm³/mol. The van der Waals surface area contributed by atoms with E-state index in [0.717, 1.165) is 17.6 Å². The van der Waals surface area contributed by atoms with Crippen molar-refractivity contribution in [3.05, 3.63) is 69.7 Å². The van der Waals surface area contributed by atoms with E-state index in [1.807, 2.05) is 0 Å². The van der Waals surface area contributed by atoms with E-state index in [9.17, 15) is 0 Å². The Morgan fingerprint density at radius 1 is 0.900 bits per heavy atom. The van der Waals surface area contributed by atoms with Crippen LogP contribution in [0.4, 0.5) is 0 Å². The van der Waals surface area contributed by atoms with Crippen molar-refractivity contribution in [2.45, 2.75) is 25.2 Å². The van der Waals surface area contributed by atoms with Crippen molar-refractivity contribution in [1.29, 1.82) is 0 Å². The molecule has 0 radical (unpaired) electrons. The van der Waals surface area contributed by atoms with Gasteiger partial charge in [0, 0.05) is 16.9 Å². The molecule has 0 saturated carbocycles. The van der Waals surface area contributed by atoms with Gasteiger partial charge < -0.3 is 5.32 Å². The lowest BCUT2D eigenvalue weighted by Crippen LogP contribution is -2.34. The molecule has 104 valence electrons. The molecule has 2 aromatic carbocycles. The molecular weight excluding hydrogens is 310 g/mol. The number of benzene rings is 2. The fourth-order valence-electron chi connectivity index (χ4n) is 3.13. The second-order valence-electron chi connectivity index (χ2n) is 5.67. The van der Waals surface area contributed by atoms with Crippen molar-refractivity contribution in [2.24, 2.45) is 0 Å². The number of aryl methyl sites for hydroxylation is 1. The second-order valence-corrected chi connectivity index (χ2v) is 6.58. The number of hydrogen-bond acceptors (Lipinski definition) is 1. The van der Waals surface area contributed by atoms with E-state index in [1.54, 1.807) is 0 Å². The highest BCUT2D eigenvalue weighted by atomic mass is 79.9. The minimum Gasteiger partial charge on any atom is -0.316 e. The first-order chi connectivity index (χ1) is 9.74. The Bertz CT molecular complexity index is 505. The molecule has 2 atom stereocenters. The summed E-state index contributed by atoms with van der Waals surface area (Å²) in [6.45, 7) is 4.34. The van der Waals surface area contributed by atoms with Gasteiger partial charge >= 0.3 is 0 Å². The van der Waals surface area contributed by atoms with Crippen LogP contribution in [0, 0.1) is 6.92 Å². The zero-order valence-corrected chi connectivity index (χ0v) is 13.4. The first-order valence-electron chi connectivity index (χ1n) is 7.27. The molecule has 1 saturated heterocycles. The topological polar surface area (TPSA) is 12.0 Å². The molecule has 1 fully saturated rings. The van der Waals surface area contributed by atoms with E-state index < -0.39 is 0 Å². The SMILES string of the molecule is Cc1ccc(C2CCNCC2c2ccc(Br)cc2)cc1. The van der Waals surface area contributed by atoms with E-state index >= 15 is 0 Å². The molecule has 1 heterocycles. The van der Waals surface area contributed by atoms with Crippen LogP contribution in [0.5, 0.6) is 0 Å². The lowest BCUT2D eigenvalue weighted by Gasteiger charge is -2.33. The van der Waals surface area contributed by atoms with Gasteiger partial charge in [-0.3, -0.25) is 0 Å². The van der Waals surface area contributed by atoms with Crippen molar-refractivity contribution >= 4 is 15.9 Å². The molecular formula is C18H20BrN. The Labute approximate surface area is 129 Å². The van der Waals surface area contributed by atoms with Crippen molar-refractivity contribution in [1.82, 2.24) is 5.32 Å². The van der Waals surface area contributed by atoms with E-state index in [1.165, 1.54) is 23.1 Å². The molecule has 2 unspecified atom stereocenters. The summed E-state index contributed by atoms with van der Waals surface area (Å²) in [5, 5.41) is 3.55. The van der Waals surface area contributed by atoms with Crippen molar-refractivity contribution in [3.8, 4) is 0 Å². The third kappa shape index (κ3) is 2.97. The van der Waals surface area contributed by atoms with Gasteiger partial charge in [-0.2, -0.15) is 0 Å². The van der Waals surface area contributed by atoms with Gasteiger partial charge in [0.05, 0.1) is 0 Å². The maximum atomic E-state index is 3.55. The van der Waals surface area contributed by atoms with Gasteiger partial charge in [0.15, 0.2) is 0 Å². The van der Waals surface area contributed by atoms with Crippen LogP contribution in [0.25, 0.3) is 0 Å². The summed E-state index contributed by atoms with van der Waals surface area (Å²) in [4.78, 5) is 0. The highest BCUT2D eigenvalue weighted by molar-refractivity contribution is 9.10. The van der Waals surface area contributed by atoms with Crippen molar-refractivity contribution in [3.63, 3.8) is 0 Å². The molecule has 0 spiro atoms. The predicted octanol–water partition coefficient (Wildman–Crippen LogP) is 4.62. The van der Waals surface area contributed by atoms with Crippen molar-refractivity contribution < 1.29 is 0 Å². The van der Waals surface area contributed by atoms with Crippen LogP contribution in [0.3, 0.4) is 0 Å². The Hall–Kier alpha value is -1.12. The first-order valence-corrected chi connectivity index (χ1v) is 8.06. The Balaban J connectivity index is 1.90. The minimum atomic E-state index is 0.569. The fourth-order valence-corrected chi connectivity index (χ4v) is 3.40. The average Bonchev–Trinajstić information content (AvgIpc) is 2.49. The third-order valence-electron chi connectivity index (χ3n) is 4.29. The minimum absolute atomic E-state index is 0.569. The molecule has 0 bridgehead atoms. The van der Waals surface area contributed by atoms with Crippen molar-refractivity contribution in [2.75, 3.05) is 13.1 Å². The van der Waals surface area contributed by atoms with Gasteiger partial charge in [0.2, 0.25) is 0 Å². The highest BCUT2D eigenvalue weighted by Gasteiger charge is 2.27. The average molecular weight is 330 g/mol. The normalized spacial score (nSPS) is 22.7. The van der Waals surface area contributed by atoms with E-state index in [-0.39, 0.29) is 0 Å². The largest absolute Gasteiger partial charge is 0.316 e. The van der Waals surface area contributed by atoms with Gasteiger partial charge in [-0.25, -0.2) is 0 Å². The van der Waals surface area contributed by atoms with E-state index in [4.69, 9.17) is 0 Å². The van der Waals surface area contributed by atoms with Crippen LogP contribution in [-0.2, 0) is 0 Å². The summed E-state index contributed by atoms with van der Waals surface area (Å²) in [6, 6.07) is 17.9. The zero-order valence-electron chi connectivity index (χ0n) is 11.8. The van der Waals surface area contributed by atoms with Crippen LogP contribution in [-0.4, -0.2) is 13.1 Å². The zero-order chi connectivity index (χ0) is 13.9.